The monoisotopic (exact) mass is 291 g/mol. The summed E-state index contributed by atoms with van der Waals surface area (Å²) in [4.78, 5) is 26.6. The second-order valence-corrected chi connectivity index (χ2v) is 4.88. The van der Waals surface area contributed by atoms with Crippen LogP contribution >= 0.6 is 11.3 Å². The number of methoxy groups -OCH3 is 1. The van der Waals surface area contributed by atoms with Crippen molar-refractivity contribution >= 4 is 34.1 Å². The number of para-hydroxylation sites is 1. The standard InChI is InChI=1S/C13H12N2O4S/c1-7-10(11(16)17)20-13(14-7)15-9-6-4-3-5-8(9)12(18)19-2/h3-6H,1-2H3,(H,14,15)(H,16,17)/p-1. The first-order valence-electron chi connectivity index (χ1n) is 5.66. The van der Waals surface area contributed by atoms with Crippen LogP contribution in [0.3, 0.4) is 0 Å². The zero-order valence-corrected chi connectivity index (χ0v) is 11.6. The van der Waals surface area contributed by atoms with Crippen LogP contribution in [0.4, 0.5) is 10.8 Å². The van der Waals surface area contributed by atoms with Crippen molar-refractivity contribution in [3.05, 3.63) is 40.4 Å². The fourth-order valence-electron chi connectivity index (χ4n) is 1.63. The first-order chi connectivity index (χ1) is 9.52. The molecule has 0 aliphatic heterocycles. The average molecular weight is 291 g/mol. The summed E-state index contributed by atoms with van der Waals surface area (Å²) >= 11 is 0.954. The quantitative estimate of drug-likeness (QED) is 0.855. The molecular formula is C13H11N2O4S-. The molecule has 0 fully saturated rings. The Morgan fingerprint density at radius 3 is 2.65 bits per heavy atom. The van der Waals surface area contributed by atoms with Gasteiger partial charge in [0.2, 0.25) is 0 Å². The number of ether oxygens (including phenoxy) is 1. The van der Waals surface area contributed by atoms with Crippen LogP contribution in [0.1, 0.15) is 25.7 Å². The minimum Gasteiger partial charge on any atom is -0.544 e. The van der Waals surface area contributed by atoms with E-state index in [-0.39, 0.29) is 4.88 Å². The fraction of sp³-hybridized carbons (Fsp3) is 0.154. The maximum atomic E-state index is 11.6. The van der Waals surface area contributed by atoms with Crippen molar-refractivity contribution in [1.29, 1.82) is 0 Å². The third-order valence-electron chi connectivity index (χ3n) is 2.56. The molecule has 1 heterocycles. The second kappa shape index (κ2) is 5.70. The van der Waals surface area contributed by atoms with E-state index < -0.39 is 11.9 Å². The molecule has 2 rings (SSSR count). The van der Waals surface area contributed by atoms with Gasteiger partial charge in [0.1, 0.15) is 0 Å². The third kappa shape index (κ3) is 2.77. The first-order valence-corrected chi connectivity index (χ1v) is 6.47. The summed E-state index contributed by atoms with van der Waals surface area (Å²) in [5, 5.41) is 14.2. The van der Waals surface area contributed by atoms with Crippen LogP contribution < -0.4 is 10.4 Å². The van der Waals surface area contributed by atoms with Gasteiger partial charge in [-0.15, -0.1) is 0 Å². The van der Waals surface area contributed by atoms with Crippen molar-refractivity contribution in [2.75, 3.05) is 12.4 Å². The number of anilines is 2. The summed E-state index contributed by atoms with van der Waals surface area (Å²) in [6.45, 7) is 1.58. The number of hydrogen-bond donors (Lipinski definition) is 1. The van der Waals surface area contributed by atoms with E-state index in [0.717, 1.165) is 11.3 Å². The summed E-state index contributed by atoms with van der Waals surface area (Å²) in [5.41, 5.74) is 1.21. The van der Waals surface area contributed by atoms with Gasteiger partial charge < -0.3 is 20.0 Å². The normalized spacial score (nSPS) is 10.1. The van der Waals surface area contributed by atoms with Crippen molar-refractivity contribution < 1.29 is 19.4 Å². The molecule has 0 radical (unpaired) electrons. The van der Waals surface area contributed by atoms with Gasteiger partial charge in [-0.1, -0.05) is 23.5 Å². The molecule has 0 unspecified atom stereocenters. The molecule has 1 N–H and O–H groups in total. The highest BCUT2D eigenvalue weighted by Crippen LogP contribution is 2.27. The molecule has 1 aromatic heterocycles. The molecule has 0 spiro atoms. The molecule has 20 heavy (non-hydrogen) atoms. The highest BCUT2D eigenvalue weighted by Gasteiger charge is 2.14. The molecule has 6 nitrogen and oxygen atoms in total. The van der Waals surface area contributed by atoms with Crippen molar-refractivity contribution in [2.45, 2.75) is 6.92 Å². The van der Waals surface area contributed by atoms with E-state index in [1.807, 2.05) is 0 Å². The van der Waals surface area contributed by atoms with E-state index in [4.69, 9.17) is 0 Å². The van der Waals surface area contributed by atoms with Gasteiger partial charge in [0.05, 0.1) is 34.9 Å². The molecule has 104 valence electrons. The largest absolute Gasteiger partial charge is 0.544 e. The number of hydrogen-bond acceptors (Lipinski definition) is 7. The number of nitrogens with zero attached hydrogens (tertiary/aromatic N) is 1. The lowest BCUT2D eigenvalue weighted by molar-refractivity contribution is -0.254. The van der Waals surface area contributed by atoms with Crippen molar-refractivity contribution in [3.63, 3.8) is 0 Å². The number of esters is 1. The molecule has 0 saturated heterocycles. The van der Waals surface area contributed by atoms with Gasteiger partial charge in [0, 0.05) is 0 Å². The number of carboxylic acids is 1. The number of carbonyl (C=O) groups is 2. The SMILES string of the molecule is COC(=O)c1ccccc1Nc1nc(C)c(C(=O)[O-])s1. The Labute approximate surface area is 119 Å². The van der Waals surface area contributed by atoms with Crippen molar-refractivity contribution in [3.8, 4) is 0 Å². The Morgan fingerprint density at radius 2 is 2.05 bits per heavy atom. The van der Waals surface area contributed by atoms with Crippen molar-refractivity contribution in [1.82, 2.24) is 4.98 Å². The van der Waals surface area contributed by atoms with Gasteiger partial charge in [-0.3, -0.25) is 0 Å². The average Bonchev–Trinajstić information content (AvgIpc) is 2.79. The van der Waals surface area contributed by atoms with E-state index in [0.29, 0.717) is 22.1 Å². The minimum absolute atomic E-state index is 0.0584. The van der Waals surface area contributed by atoms with Gasteiger partial charge in [0.15, 0.2) is 5.13 Å². The van der Waals surface area contributed by atoms with Gasteiger partial charge >= 0.3 is 5.97 Å². The third-order valence-corrected chi connectivity index (χ3v) is 3.61. The Morgan fingerprint density at radius 1 is 1.35 bits per heavy atom. The number of carbonyl (C=O) groups excluding carboxylic acids is 2. The minimum atomic E-state index is -1.27. The number of nitrogens with one attached hydrogen (secondary N) is 1. The fourth-order valence-corrected chi connectivity index (χ4v) is 2.45. The van der Waals surface area contributed by atoms with Crippen LogP contribution in [0.5, 0.6) is 0 Å². The molecule has 1 aromatic carbocycles. The Kier molecular flexibility index (Phi) is 3.99. The maximum Gasteiger partial charge on any atom is 0.339 e. The number of aromatic nitrogens is 1. The smallest absolute Gasteiger partial charge is 0.339 e. The van der Waals surface area contributed by atoms with Crippen LogP contribution in [0.25, 0.3) is 0 Å². The van der Waals surface area contributed by atoms with Gasteiger partial charge in [0.25, 0.3) is 0 Å². The summed E-state index contributed by atoms with van der Waals surface area (Å²) in [5.74, 6) is -1.75. The van der Waals surface area contributed by atoms with E-state index in [1.54, 1.807) is 31.2 Å². The van der Waals surface area contributed by atoms with Gasteiger partial charge in [-0.2, -0.15) is 0 Å². The van der Waals surface area contributed by atoms with Gasteiger partial charge in [-0.05, 0) is 19.1 Å². The Bertz CT molecular complexity index is 666. The van der Waals surface area contributed by atoms with Gasteiger partial charge in [-0.25, -0.2) is 9.78 Å². The highest BCUT2D eigenvalue weighted by atomic mass is 32.1. The topological polar surface area (TPSA) is 91.3 Å². The molecule has 7 heteroatoms. The Balaban J connectivity index is 2.33. The first kappa shape index (κ1) is 14.0. The molecular weight excluding hydrogens is 280 g/mol. The Hall–Kier alpha value is -2.41. The van der Waals surface area contributed by atoms with Crippen molar-refractivity contribution in [2.24, 2.45) is 0 Å². The molecule has 0 saturated carbocycles. The van der Waals surface area contributed by atoms with Crippen LogP contribution in [-0.4, -0.2) is 24.0 Å². The highest BCUT2D eigenvalue weighted by molar-refractivity contribution is 7.17. The molecule has 0 atom stereocenters. The van der Waals surface area contributed by atoms with Crippen LogP contribution in [0.2, 0.25) is 0 Å². The summed E-state index contributed by atoms with van der Waals surface area (Å²) < 4.78 is 4.68. The number of carboxylic acid groups (broad SMARTS) is 1. The summed E-state index contributed by atoms with van der Waals surface area (Å²) in [7, 11) is 1.29. The molecule has 0 aliphatic rings. The van der Waals surface area contributed by atoms with Crippen LogP contribution in [0, 0.1) is 6.92 Å². The number of thiazole rings is 1. The second-order valence-electron chi connectivity index (χ2n) is 3.88. The van der Waals surface area contributed by atoms with Crippen LogP contribution in [0.15, 0.2) is 24.3 Å². The van der Waals surface area contributed by atoms with E-state index in [1.165, 1.54) is 7.11 Å². The van der Waals surface area contributed by atoms with E-state index in [2.05, 4.69) is 15.0 Å². The lowest BCUT2D eigenvalue weighted by Crippen LogP contribution is -2.21. The number of rotatable bonds is 4. The molecule has 0 aliphatic carbocycles. The van der Waals surface area contributed by atoms with E-state index in [9.17, 15) is 14.7 Å². The summed E-state index contributed by atoms with van der Waals surface area (Å²) in [6, 6.07) is 6.74. The predicted molar refractivity (Wildman–Crippen MR) is 72.2 cm³/mol. The molecule has 2 aromatic rings. The zero-order chi connectivity index (χ0) is 14.7. The van der Waals surface area contributed by atoms with E-state index >= 15 is 0 Å². The summed E-state index contributed by atoms with van der Waals surface area (Å²) in [6.07, 6.45) is 0. The predicted octanol–water partition coefficient (Wildman–Crippen LogP) is 1.35. The van der Waals surface area contributed by atoms with Crippen LogP contribution in [-0.2, 0) is 4.74 Å². The zero-order valence-electron chi connectivity index (χ0n) is 10.8. The lowest BCUT2D eigenvalue weighted by atomic mass is 10.2. The number of aryl methyl sites for hydroxylation is 1. The number of benzene rings is 1. The molecule has 0 amide bonds. The number of aromatic carboxylic acids is 1. The lowest BCUT2D eigenvalue weighted by Gasteiger charge is -2.07. The molecule has 0 bridgehead atoms. The maximum absolute atomic E-state index is 11.6.